The van der Waals surface area contributed by atoms with Crippen LogP contribution in [0.3, 0.4) is 0 Å². The third-order valence-electron chi connectivity index (χ3n) is 14.9. The second-order valence-corrected chi connectivity index (χ2v) is 22.8. The van der Waals surface area contributed by atoms with Crippen molar-refractivity contribution in [1.82, 2.24) is 67.7 Å². The molecular weight excluding hydrogens is 1120 g/mol. The van der Waals surface area contributed by atoms with E-state index in [1.165, 1.54) is 41.7 Å². The Labute approximate surface area is 504 Å². The van der Waals surface area contributed by atoms with Crippen LogP contribution in [0, 0.1) is 11.8 Å². The van der Waals surface area contributed by atoms with E-state index < -0.39 is 108 Å². The second-order valence-electron chi connectivity index (χ2n) is 22.8. The highest BCUT2D eigenvalue weighted by molar-refractivity contribution is 5.99. The van der Waals surface area contributed by atoms with Crippen LogP contribution < -0.4 is 59.3 Å². The molecule has 0 bridgehead atoms. The number of aromatic nitrogens is 3. The van der Waals surface area contributed by atoms with Crippen molar-refractivity contribution in [2.45, 2.75) is 160 Å². The molecule has 10 amide bonds. The van der Waals surface area contributed by atoms with Crippen LogP contribution in [-0.4, -0.2) is 176 Å². The number of aromatic hydroxyl groups is 1. The molecule has 472 valence electrons. The molecule has 2 aliphatic rings. The number of phenolic OH excluding ortho intramolecular Hbond substituents is 1. The fourth-order valence-electron chi connectivity index (χ4n) is 10.5. The number of amides is 10. The van der Waals surface area contributed by atoms with E-state index in [0.29, 0.717) is 41.6 Å². The topological polar surface area (TPSA) is 432 Å². The molecule has 0 saturated carbocycles. The van der Waals surface area contributed by atoms with Crippen LogP contribution >= 0.6 is 0 Å². The van der Waals surface area contributed by atoms with Gasteiger partial charge in [0, 0.05) is 74.3 Å². The Morgan fingerprint density at radius 1 is 0.701 bits per heavy atom. The number of fused-ring (bicyclic) bond motifs is 1. The largest absolute Gasteiger partial charge is 0.508 e. The highest BCUT2D eigenvalue weighted by Crippen LogP contribution is 2.22. The van der Waals surface area contributed by atoms with Gasteiger partial charge in [-0.05, 0) is 93.0 Å². The van der Waals surface area contributed by atoms with E-state index >= 15 is 0 Å². The van der Waals surface area contributed by atoms with E-state index in [4.69, 9.17) is 11.5 Å². The lowest BCUT2D eigenvalue weighted by Crippen LogP contribution is -2.61. The Kier molecular flexibility index (Phi) is 25.0. The molecule has 2 fully saturated rings. The Morgan fingerprint density at radius 2 is 1.28 bits per heavy atom. The lowest BCUT2D eigenvalue weighted by atomic mass is 9.98. The van der Waals surface area contributed by atoms with Gasteiger partial charge in [-0.15, -0.1) is 0 Å². The number of aliphatic imine (C=N–C) groups is 1. The second kappa shape index (κ2) is 32.4. The third kappa shape index (κ3) is 20.0. The number of carbonyl (C=O) groups is 10. The minimum absolute atomic E-state index is 0.0397. The van der Waals surface area contributed by atoms with Crippen molar-refractivity contribution >= 4 is 75.9 Å². The number of imidazole rings is 1. The summed E-state index contributed by atoms with van der Waals surface area (Å²) in [6.45, 7) is 8.82. The van der Waals surface area contributed by atoms with E-state index in [2.05, 4.69) is 67.8 Å². The molecule has 2 aromatic carbocycles. The lowest BCUT2D eigenvalue weighted by Gasteiger charge is -2.31. The Hall–Kier alpha value is -9.08. The number of aliphatic hydroxyl groups is 1. The third-order valence-corrected chi connectivity index (χ3v) is 14.9. The summed E-state index contributed by atoms with van der Waals surface area (Å²) in [5.74, 6) is -7.55. The quantitative estimate of drug-likeness (QED) is 0.0151. The van der Waals surface area contributed by atoms with Crippen LogP contribution in [0.15, 0.2) is 72.2 Å². The summed E-state index contributed by atoms with van der Waals surface area (Å²) in [4.78, 5) is 155. The number of likely N-dealkylation sites (tertiary alicyclic amines) is 1. The van der Waals surface area contributed by atoms with E-state index in [-0.39, 0.29) is 106 Å². The van der Waals surface area contributed by atoms with Crippen molar-refractivity contribution in [3.8, 4) is 5.75 Å². The number of nitrogens with zero attached hydrogens (tertiary/aromatic N) is 3. The molecule has 0 spiro atoms. The number of hydrogen-bond acceptors (Lipinski definition) is 14. The van der Waals surface area contributed by atoms with Crippen molar-refractivity contribution in [2.24, 2.45) is 28.3 Å². The Balaban J connectivity index is 1.22. The highest BCUT2D eigenvalue weighted by atomic mass is 16.3. The molecule has 17 N–H and O–H groups in total. The number of hydrogen-bond donors (Lipinski definition) is 15. The SMILES string of the molecule is CCNC(=O)[C@@H]1CCCN1C(=O)[C@H](CCCN=C(N)N)NC(=O)[C@H](CC(C)C)NC(=O)[C@@H](CC(C)C)NC(=O)[C@H](Cc1ccc(O)cc1)NC(=O)[C@H](CO)NC(=O)[C@@H](Cc1c[nH]c2ccccc12)NC(=O)[C@H](Cc1cnc[nH]1)NC(=O)[C@@H]1CCC(=O)N1. The molecule has 4 heterocycles. The smallest absolute Gasteiger partial charge is 0.245 e. The maximum Gasteiger partial charge on any atom is 0.245 e. The van der Waals surface area contributed by atoms with Crippen molar-refractivity contribution in [1.29, 1.82) is 0 Å². The van der Waals surface area contributed by atoms with Gasteiger partial charge in [-0.1, -0.05) is 58.0 Å². The number of guanidine groups is 1. The van der Waals surface area contributed by atoms with Gasteiger partial charge in [0.2, 0.25) is 59.1 Å². The maximum atomic E-state index is 14.7. The molecule has 4 aromatic rings. The minimum Gasteiger partial charge on any atom is -0.508 e. The van der Waals surface area contributed by atoms with E-state index in [1.54, 1.807) is 45.2 Å². The molecule has 28 heteroatoms. The molecule has 9 atom stereocenters. The maximum absolute atomic E-state index is 14.7. The number of phenols is 1. The fourth-order valence-corrected chi connectivity index (χ4v) is 10.5. The molecular formula is C59H84N16O12. The summed E-state index contributed by atoms with van der Waals surface area (Å²) in [5.41, 5.74) is 13.3. The summed E-state index contributed by atoms with van der Waals surface area (Å²) in [6, 6.07) is 1.58. The monoisotopic (exact) mass is 1210 g/mol. The molecule has 87 heavy (non-hydrogen) atoms. The molecule has 0 radical (unpaired) electrons. The number of benzene rings is 2. The van der Waals surface area contributed by atoms with E-state index in [0.717, 1.165) is 5.52 Å². The summed E-state index contributed by atoms with van der Waals surface area (Å²) in [6.07, 6.45) is 5.80. The van der Waals surface area contributed by atoms with Gasteiger partial charge in [0.05, 0.1) is 12.9 Å². The number of H-pyrrole nitrogens is 2. The zero-order valence-corrected chi connectivity index (χ0v) is 49.8. The van der Waals surface area contributed by atoms with E-state index in [9.17, 15) is 58.2 Å². The van der Waals surface area contributed by atoms with Gasteiger partial charge >= 0.3 is 0 Å². The number of likely N-dealkylation sites (N-methyl/N-ethyl adjacent to an activating group) is 1. The first-order valence-corrected chi connectivity index (χ1v) is 29.5. The number of para-hydroxylation sites is 1. The van der Waals surface area contributed by atoms with Gasteiger partial charge < -0.3 is 84.4 Å². The molecule has 2 aliphatic heterocycles. The number of nitrogens with two attached hydrogens (primary N) is 2. The molecule has 0 aliphatic carbocycles. The van der Waals surface area contributed by atoms with Crippen molar-refractivity contribution < 1.29 is 58.2 Å². The van der Waals surface area contributed by atoms with Gasteiger partial charge in [0.25, 0.3) is 0 Å². The number of aliphatic hydroxyl groups excluding tert-OH is 1. The predicted molar refractivity (Wildman–Crippen MR) is 320 cm³/mol. The molecule has 2 aromatic heterocycles. The summed E-state index contributed by atoms with van der Waals surface area (Å²) in [5, 5.41) is 45.9. The van der Waals surface area contributed by atoms with Crippen LogP contribution in [0.25, 0.3) is 10.9 Å². The summed E-state index contributed by atoms with van der Waals surface area (Å²) < 4.78 is 0. The van der Waals surface area contributed by atoms with Crippen molar-refractivity contribution in [3.63, 3.8) is 0 Å². The van der Waals surface area contributed by atoms with Crippen LogP contribution in [-0.2, 0) is 67.2 Å². The van der Waals surface area contributed by atoms with Gasteiger partial charge in [-0.3, -0.25) is 52.9 Å². The Bertz CT molecular complexity index is 3050. The van der Waals surface area contributed by atoms with Gasteiger partial charge in [-0.25, -0.2) is 4.98 Å². The number of aromatic amines is 2. The first-order chi connectivity index (χ1) is 41.5. The zero-order chi connectivity index (χ0) is 63.3. The van der Waals surface area contributed by atoms with E-state index in [1.807, 2.05) is 19.9 Å². The molecule has 0 unspecified atom stereocenters. The van der Waals surface area contributed by atoms with Crippen molar-refractivity contribution in [2.75, 3.05) is 26.2 Å². The average Bonchev–Trinajstić information content (AvgIpc) is 2.39. The summed E-state index contributed by atoms with van der Waals surface area (Å²) >= 11 is 0. The number of carbonyl (C=O) groups excluding carboxylic acids is 10. The molecule has 28 nitrogen and oxygen atoms in total. The minimum atomic E-state index is -1.75. The first kappa shape index (κ1) is 67.1. The summed E-state index contributed by atoms with van der Waals surface area (Å²) in [7, 11) is 0. The standard InChI is InChI=1S/C59H84N16O12/c1-6-63-57(86)48-14-10-22-75(48)58(87)41(13-9-21-64-59(60)61)68-51(80)42(23-32(2)3)69-52(81)43(24-33(4)5)70-53(82)44(25-34-15-17-37(77)18-16-34)71-56(85)47(30-76)74-54(83)45(26-35-28-65-39-12-8-7-11-38(35)39)72-55(84)46(27-36-29-62-31-66-36)73-50(79)40-19-20-49(78)67-40/h7-8,11-12,15-18,28-29,31-33,40-48,65,76-77H,6,9-10,13-14,19-27,30H2,1-5H3,(H,62,66)(H,63,86)(H,67,78)(H,68,80)(H,69,81)(H,70,82)(H,71,85)(H,72,84)(H,73,79)(H,74,83)(H4,60,61,64)/t40-,41-,42-,43+,44-,45+,46-,47-,48-/m0/s1. The first-order valence-electron chi connectivity index (χ1n) is 29.5. The number of rotatable bonds is 32. The predicted octanol–water partition coefficient (Wildman–Crippen LogP) is -1.44. The van der Waals surface area contributed by atoms with Gasteiger partial charge in [-0.2, -0.15) is 0 Å². The van der Waals surface area contributed by atoms with Crippen LogP contribution in [0.1, 0.15) is 103 Å². The van der Waals surface area contributed by atoms with Crippen molar-refractivity contribution in [3.05, 3.63) is 84.1 Å². The van der Waals surface area contributed by atoms with Crippen LogP contribution in [0.2, 0.25) is 0 Å². The molecule has 6 rings (SSSR count). The van der Waals surface area contributed by atoms with Gasteiger partial charge in [0.15, 0.2) is 5.96 Å². The average molecular weight is 1210 g/mol. The highest BCUT2D eigenvalue weighted by Gasteiger charge is 2.40. The normalized spacial score (nSPS) is 17.1. The van der Waals surface area contributed by atoms with Crippen LogP contribution in [0.4, 0.5) is 0 Å². The van der Waals surface area contributed by atoms with Gasteiger partial charge in [0.1, 0.15) is 60.1 Å². The zero-order valence-electron chi connectivity index (χ0n) is 49.8. The Morgan fingerprint density at radius 3 is 1.85 bits per heavy atom. The number of nitrogens with one attached hydrogen (secondary N) is 11. The van der Waals surface area contributed by atoms with Crippen LogP contribution in [0.5, 0.6) is 5.75 Å². The fraction of sp³-hybridized carbons (Fsp3) is 0.525. The molecule has 2 saturated heterocycles. The lowest BCUT2D eigenvalue weighted by molar-refractivity contribution is -0.142.